The number of benzene rings is 1. The average molecular weight is 263 g/mol. The van der Waals surface area contributed by atoms with Crippen LogP contribution in [0.15, 0.2) is 18.2 Å². The second-order valence-corrected chi connectivity index (χ2v) is 4.83. The Balaban J connectivity index is 2.37. The van der Waals surface area contributed by atoms with Gasteiger partial charge in [-0.2, -0.15) is 0 Å². The van der Waals surface area contributed by atoms with Crippen LogP contribution in [0.2, 0.25) is 0 Å². The molecule has 2 rings (SSSR count). The molecule has 1 amide bonds. The molecule has 1 aliphatic rings. The molecular formula is C13H17N3O3. The summed E-state index contributed by atoms with van der Waals surface area (Å²) in [5.41, 5.74) is 0.900. The first-order valence-electron chi connectivity index (χ1n) is 6.27. The van der Waals surface area contributed by atoms with E-state index in [1.165, 1.54) is 6.07 Å². The third-order valence-corrected chi connectivity index (χ3v) is 3.34. The molecule has 0 bridgehead atoms. The summed E-state index contributed by atoms with van der Waals surface area (Å²) in [7, 11) is 0. The third-order valence-electron chi connectivity index (χ3n) is 3.34. The van der Waals surface area contributed by atoms with Gasteiger partial charge in [0.15, 0.2) is 0 Å². The largest absolute Gasteiger partial charge is 0.333 e. The molecule has 1 aliphatic heterocycles. The smallest absolute Gasteiger partial charge is 0.282 e. The van der Waals surface area contributed by atoms with Gasteiger partial charge in [-0.1, -0.05) is 6.07 Å². The number of carbonyl (C=O) groups is 1. The number of nitrogens with zero attached hydrogens (tertiary/aromatic N) is 2. The van der Waals surface area contributed by atoms with Gasteiger partial charge in [0.05, 0.1) is 4.92 Å². The number of hydrogen-bond donors (Lipinski definition) is 1. The number of nitro benzene ring substituents is 1. The van der Waals surface area contributed by atoms with Gasteiger partial charge in [0.2, 0.25) is 0 Å². The van der Waals surface area contributed by atoms with E-state index in [2.05, 4.69) is 5.32 Å². The molecule has 0 saturated carbocycles. The van der Waals surface area contributed by atoms with Crippen molar-refractivity contribution in [3.8, 4) is 0 Å². The first-order valence-corrected chi connectivity index (χ1v) is 6.27. The molecule has 1 atom stereocenters. The van der Waals surface area contributed by atoms with Crippen LogP contribution < -0.4 is 5.32 Å². The van der Waals surface area contributed by atoms with Gasteiger partial charge in [-0.15, -0.1) is 0 Å². The molecule has 102 valence electrons. The predicted molar refractivity (Wildman–Crippen MR) is 71.2 cm³/mol. The highest BCUT2D eigenvalue weighted by Gasteiger charge is 2.29. The molecule has 1 aromatic carbocycles. The molecule has 0 spiro atoms. The van der Waals surface area contributed by atoms with Crippen molar-refractivity contribution in [1.29, 1.82) is 0 Å². The van der Waals surface area contributed by atoms with Crippen LogP contribution in [0.25, 0.3) is 0 Å². The van der Waals surface area contributed by atoms with Crippen LogP contribution in [0, 0.1) is 17.0 Å². The van der Waals surface area contributed by atoms with E-state index < -0.39 is 4.92 Å². The lowest BCUT2D eigenvalue weighted by Gasteiger charge is -2.33. The summed E-state index contributed by atoms with van der Waals surface area (Å²) in [5, 5.41) is 14.2. The molecular weight excluding hydrogens is 246 g/mol. The molecule has 19 heavy (non-hydrogen) atoms. The van der Waals surface area contributed by atoms with Crippen LogP contribution >= 0.6 is 0 Å². The number of aryl methyl sites for hydroxylation is 1. The lowest BCUT2D eigenvalue weighted by Crippen LogP contribution is -2.52. The number of nitrogens with one attached hydrogen (secondary N) is 1. The highest BCUT2D eigenvalue weighted by Crippen LogP contribution is 2.22. The number of amides is 1. The number of piperazine rings is 1. The van der Waals surface area contributed by atoms with E-state index in [1.807, 2.05) is 13.8 Å². The van der Waals surface area contributed by atoms with Gasteiger partial charge in [0.25, 0.3) is 11.6 Å². The van der Waals surface area contributed by atoms with Gasteiger partial charge in [-0.3, -0.25) is 14.9 Å². The zero-order valence-electron chi connectivity index (χ0n) is 11.0. The standard InChI is InChI=1S/C13H17N3O3/c1-9-3-4-12(16(18)19)11(7-9)13(17)15-6-5-14-8-10(15)2/h3-4,7,10,14H,5-6,8H2,1-2H3/t10-/m0/s1. The van der Waals surface area contributed by atoms with Gasteiger partial charge in [-0.25, -0.2) is 0 Å². The van der Waals surface area contributed by atoms with Crippen molar-refractivity contribution in [2.75, 3.05) is 19.6 Å². The summed E-state index contributed by atoms with van der Waals surface area (Å²) in [6.07, 6.45) is 0. The van der Waals surface area contributed by atoms with Crippen molar-refractivity contribution in [3.05, 3.63) is 39.4 Å². The van der Waals surface area contributed by atoms with Gasteiger partial charge >= 0.3 is 0 Å². The fourth-order valence-corrected chi connectivity index (χ4v) is 2.28. The number of hydrogen-bond acceptors (Lipinski definition) is 4. The summed E-state index contributed by atoms with van der Waals surface area (Å²) in [5.74, 6) is -0.260. The van der Waals surface area contributed by atoms with Crippen LogP contribution in [0.1, 0.15) is 22.8 Å². The Morgan fingerprint density at radius 3 is 2.89 bits per heavy atom. The Morgan fingerprint density at radius 2 is 2.26 bits per heavy atom. The maximum Gasteiger partial charge on any atom is 0.282 e. The van der Waals surface area contributed by atoms with Crippen LogP contribution in [0.3, 0.4) is 0 Å². The monoisotopic (exact) mass is 263 g/mol. The summed E-state index contributed by atoms with van der Waals surface area (Å²) >= 11 is 0. The summed E-state index contributed by atoms with van der Waals surface area (Å²) < 4.78 is 0. The van der Waals surface area contributed by atoms with Crippen molar-refractivity contribution in [2.24, 2.45) is 0 Å². The second-order valence-electron chi connectivity index (χ2n) is 4.83. The molecule has 1 saturated heterocycles. The SMILES string of the molecule is Cc1ccc([N+](=O)[O-])c(C(=O)N2CCNC[C@@H]2C)c1. The van der Waals surface area contributed by atoms with Gasteiger partial charge in [0.1, 0.15) is 5.56 Å². The normalized spacial score (nSPS) is 19.3. The highest BCUT2D eigenvalue weighted by molar-refractivity contribution is 5.98. The van der Waals surface area contributed by atoms with E-state index in [9.17, 15) is 14.9 Å². The highest BCUT2D eigenvalue weighted by atomic mass is 16.6. The number of carbonyl (C=O) groups excluding carboxylic acids is 1. The number of rotatable bonds is 2. The second kappa shape index (κ2) is 5.36. The fourth-order valence-electron chi connectivity index (χ4n) is 2.28. The minimum absolute atomic E-state index is 0.0429. The van der Waals surface area contributed by atoms with Crippen molar-refractivity contribution in [3.63, 3.8) is 0 Å². The Kier molecular flexibility index (Phi) is 3.80. The lowest BCUT2D eigenvalue weighted by atomic mass is 10.1. The molecule has 0 radical (unpaired) electrons. The zero-order chi connectivity index (χ0) is 14.0. The van der Waals surface area contributed by atoms with E-state index >= 15 is 0 Å². The quantitative estimate of drug-likeness (QED) is 0.645. The zero-order valence-corrected chi connectivity index (χ0v) is 11.0. The third kappa shape index (κ3) is 2.73. The van der Waals surface area contributed by atoms with Gasteiger partial charge in [-0.05, 0) is 25.5 Å². The summed E-state index contributed by atoms with van der Waals surface area (Å²) in [6, 6.07) is 4.68. The predicted octanol–water partition coefficient (Wildman–Crippen LogP) is 1.34. The minimum atomic E-state index is -0.500. The summed E-state index contributed by atoms with van der Waals surface area (Å²) in [4.78, 5) is 24.7. The van der Waals surface area contributed by atoms with Crippen LogP contribution in [-0.4, -0.2) is 41.4 Å². The first kappa shape index (κ1) is 13.5. The van der Waals surface area contributed by atoms with E-state index in [4.69, 9.17) is 0 Å². The maximum atomic E-state index is 12.5. The molecule has 0 aliphatic carbocycles. The van der Waals surface area contributed by atoms with Crippen LogP contribution in [-0.2, 0) is 0 Å². The van der Waals surface area contributed by atoms with Crippen molar-refractivity contribution in [1.82, 2.24) is 10.2 Å². The van der Waals surface area contributed by atoms with Gasteiger partial charge < -0.3 is 10.2 Å². The molecule has 1 fully saturated rings. The van der Waals surface area contributed by atoms with Crippen molar-refractivity contribution in [2.45, 2.75) is 19.9 Å². The van der Waals surface area contributed by atoms with E-state index in [0.717, 1.165) is 12.1 Å². The van der Waals surface area contributed by atoms with E-state index in [1.54, 1.807) is 17.0 Å². The fraction of sp³-hybridized carbons (Fsp3) is 0.462. The van der Waals surface area contributed by atoms with E-state index in [-0.39, 0.29) is 23.2 Å². The maximum absolute atomic E-state index is 12.5. The first-order chi connectivity index (χ1) is 9.00. The Morgan fingerprint density at radius 1 is 1.53 bits per heavy atom. The molecule has 1 heterocycles. The van der Waals surface area contributed by atoms with E-state index in [0.29, 0.717) is 13.1 Å². The van der Waals surface area contributed by atoms with Crippen LogP contribution in [0.5, 0.6) is 0 Å². The molecule has 6 heteroatoms. The molecule has 1 aromatic rings. The van der Waals surface area contributed by atoms with Crippen LogP contribution in [0.4, 0.5) is 5.69 Å². The molecule has 0 unspecified atom stereocenters. The lowest BCUT2D eigenvalue weighted by molar-refractivity contribution is -0.385. The Hall–Kier alpha value is -1.95. The molecule has 6 nitrogen and oxygen atoms in total. The summed E-state index contributed by atoms with van der Waals surface area (Å²) in [6.45, 7) is 5.76. The van der Waals surface area contributed by atoms with Crippen molar-refractivity contribution >= 4 is 11.6 Å². The van der Waals surface area contributed by atoms with Crippen molar-refractivity contribution < 1.29 is 9.72 Å². The van der Waals surface area contributed by atoms with Gasteiger partial charge in [0, 0.05) is 31.7 Å². The Bertz CT molecular complexity index is 516. The minimum Gasteiger partial charge on any atom is -0.333 e. The number of nitro groups is 1. The topological polar surface area (TPSA) is 75.5 Å². The molecule has 0 aromatic heterocycles. The average Bonchev–Trinajstić information content (AvgIpc) is 2.38. The molecule has 1 N–H and O–H groups in total. The Labute approximate surface area is 111 Å².